The van der Waals surface area contributed by atoms with Crippen LogP contribution in [0.2, 0.25) is 0 Å². The summed E-state index contributed by atoms with van der Waals surface area (Å²) in [6.45, 7) is 9.00. The molecule has 0 aromatic rings. The van der Waals surface area contributed by atoms with Gasteiger partial charge in [-0.1, -0.05) is 27.7 Å². The number of hydrogen-bond donors (Lipinski definition) is 0. The van der Waals surface area contributed by atoms with Gasteiger partial charge in [0.25, 0.3) is 0 Å². The van der Waals surface area contributed by atoms with Gasteiger partial charge in [0.2, 0.25) is 0 Å². The first kappa shape index (κ1) is 14.3. The highest BCUT2D eigenvalue weighted by Gasteiger charge is 2.46. The third kappa shape index (κ3) is 2.46. The monoisotopic (exact) mass is 254 g/mol. The third-order valence-electron chi connectivity index (χ3n) is 5.64. The Morgan fingerprint density at radius 3 is 1.50 bits per heavy atom. The van der Waals surface area contributed by atoms with Crippen molar-refractivity contribution >= 4 is 0 Å². The summed E-state index contributed by atoms with van der Waals surface area (Å²) in [5.74, 6) is 0.641. The van der Waals surface area contributed by atoms with Gasteiger partial charge in [-0.2, -0.15) is 0 Å². The van der Waals surface area contributed by atoms with Crippen molar-refractivity contribution in [3.63, 3.8) is 0 Å². The minimum Gasteiger partial charge on any atom is -0.346 e. The quantitative estimate of drug-likeness (QED) is 0.726. The van der Waals surface area contributed by atoms with E-state index in [1.807, 2.05) is 0 Å². The maximum absolute atomic E-state index is 6.41. The summed E-state index contributed by atoms with van der Waals surface area (Å²) in [7, 11) is 0. The van der Waals surface area contributed by atoms with Crippen molar-refractivity contribution in [3.8, 4) is 0 Å². The van der Waals surface area contributed by atoms with Gasteiger partial charge >= 0.3 is 0 Å². The second-order valence-corrected chi connectivity index (χ2v) is 6.22. The van der Waals surface area contributed by atoms with Gasteiger partial charge in [-0.15, -0.1) is 0 Å². The van der Waals surface area contributed by atoms with Gasteiger partial charge in [-0.3, -0.25) is 0 Å². The average molecular weight is 254 g/mol. The van der Waals surface area contributed by atoms with Crippen molar-refractivity contribution in [2.45, 2.75) is 96.6 Å². The Hall–Kier alpha value is -0.0800. The first-order valence-corrected chi connectivity index (χ1v) is 7.98. The summed E-state index contributed by atoms with van der Waals surface area (Å²) in [5, 5.41) is 0. The minimum atomic E-state index is 0.0623. The fourth-order valence-corrected chi connectivity index (χ4v) is 3.68. The van der Waals surface area contributed by atoms with Crippen molar-refractivity contribution in [1.29, 1.82) is 0 Å². The predicted octanol–water partition coefficient (Wildman–Crippen LogP) is 4.67. The first-order valence-electron chi connectivity index (χ1n) is 7.98. The van der Waals surface area contributed by atoms with Gasteiger partial charge in [-0.05, 0) is 51.4 Å². The van der Waals surface area contributed by atoms with Crippen molar-refractivity contribution in [2.24, 2.45) is 5.92 Å². The van der Waals surface area contributed by atoms with Crippen LogP contribution in [0.5, 0.6) is 0 Å². The second kappa shape index (κ2) is 5.50. The van der Waals surface area contributed by atoms with Crippen molar-refractivity contribution in [3.05, 3.63) is 0 Å². The van der Waals surface area contributed by atoms with E-state index in [4.69, 9.17) is 9.47 Å². The first-order chi connectivity index (χ1) is 8.62. The van der Waals surface area contributed by atoms with E-state index in [-0.39, 0.29) is 17.5 Å². The molecule has 0 amide bonds. The lowest BCUT2D eigenvalue weighted by Crippen LogP contribution is -2.52. The van der Waals surface area contributed by atoms with Gasteiger partial charge in [0.1, 0.15) is 0 Å². The summed E-state index contributed by atoms with van der Waals surface area (Å²) in [5.41, 5.74) is 0.178. The maximum Gasteiger partial charge on any atom is 0.161 e. The lowest BCUT2D eigenvalue weighted by molar-refractivity contribution is -0.319. The molecule has 2 nitrogen and oxygen atoms in total. The highest BCUT2D eigenvalue weighted by atomic mass is 16.7. The van der Waals surface area contributed by atoms with Crippen LogP contribution in [0.3, 0.4) is 0 Å². The molecule has 0 saturated carbocycles. The van der Waals surface area contributed by atoms with E-state index < -0.39 is 0 Å². The molecule has 0 radical (unpaired) electrons. The Kier molecular flexibility index (Phi) is 4.38. The highest BCUT2D eigenvalue weighted by Crippen LogP contribution is 2.46. The van der Waals surface area contributed by atoms with Gasteiger partial charge in [0, 0.05) is 5.92 Å². The molecule has 0 N–H and O–H groups in total. The van der Waals surface area contributed by atoms with Gasteiger partial charge in [0.05, 0.1) is 11.2 Å². The lowest BCUT2D eigenvalue weighted by Gasteiger charge is -2.51. The van der Waals surface area contributed by atoms with Gasteiger partial charge in [0.15, 0.2) is 6.29 Å². The Bertz CT molecular complexity index is 240. The zero-order chi connectivity index (χ0) is 13.2. The smallest absolute Gasteiger partial charge is 0.161 e. The normalized spacial score (nSPS) is 34.0. The molecule has 0 aromatic carbocycles. The fraction of sp³-hybridized carbons (Fsp3) is 1.00. The lowest BCUT2D eigenvalue weighted by atomic mass is 9.78. The van der Waals surface area contributed by atoms with Crippen LogP contribution in [0.4, 0.5) is 0 Å². The van der Waals surface area contributed by atoms with Crippen molar-refractivity contribution in [1.82, 2.24) is 0 Å². The molecule has 2 heterocycles. The molecule has 0 unspecified atom stereocenters. The molecular formula is C16H30O2. The SMILES string of the molecule is CCC1(CC)CCC2CCC(CC)(CC)OC2O1. The molecule has 106 valence electrons. The van der Waals surface area contributed by atoms with Crippen molar-refractivity contribution in [2.75, 3.05) is 0 Å². The van der Waals surface area contributed by atoms with Crippen LogP contribution in [0.15, 0.2) is 0 Å². The molecule has 2 aliphatic rings. The molecule has 0 aromatic heterocycles. The molecule has 0 spiro atoms. The molecular weight excluding hydrogens is 224 g/mol. The number of rotatable bonds is 4. The molecule has 2 saturated heterocycles. The number of ether oxygens (including phenoxy) is 2. The minimum absolute atomic E-state index is 0.0623. The maximum atomic E-state index is 6.41. The summed E-state index contributed by atoms with van der Waals surface area (Å²) >= 11 is 0. The van der Waals surface area contributed by atoms with Crippen molar-refractivity contribution < 1.29 is 9.47 Å². The van der Waals surface area contributed by atoms with Crippen LogP contribution >= 0.6 is 0 Å². The molecule has 0 bridgehead atoms. The Morgan fingerprint density at radius 1 is 0.778 bits per heavy atom. The van der Waals surface area contributed by atoms with Gasteiger partial charge < -0.3 is 9.47 Å². The number of hydrogen-bond acceptors (Lipinski definition) is 2. The molecule has 2 heteroatoms. The van der Waals surface area contributed by atoms with Gasteiger partial charge in [-0.25, -0.2) is 0 Å². The van der Waals surface area contributed by atoms with E-state index >= 15 is 0 Å². The highest BCUT2D eigenvalue weighted by molar-refractivity contribution is 4.92. The van der Waals surface area contributed by atoms with E-state index in [1.165, 1.54) is 25.7 Å². The summed E-state index contributed by atoms with van der Waals surface area (Å²) < 4.78 is 12.8. The predicted molar refractivity (Wildman–Crippen MR) is 74.5 cm³/mol. The van der Waals surface area contributed by atoms with E-state index in [0.29, 0.717) is 5.92 Å². The second-order valence-electron chi connectivity index (χ2n) is 6.22. The zero-order valence-corrected chi connectivity index (χ0v) is 12.6. The van der Waals surface area contributed by atoms with Crippen LogP contribution in [-0.2, 0) is 9.47 Å². The van der Waals surface area contributed by atoms with E-state index in [9.17, 15) is 0 Å². The van der Waals surface area contributed by atoms with Crippen LogP contribution in [0.1, 0.15) is 79.1 Å². The third-order valence-corrected chi connectivity index (χ3v) is 5.64. The summed E-state index contributed by atoms with van der Waals surface area (Å²) in [6, 6.07) is 0. The van der Waals surface area contributed by atoms with Crippen LogP contribution < -0.4 is 0 Å². The van der Waals surface area contributed by atoms with E-state index in [1.54, 1.807) is 0 Å². The van der Waals surface area contributed by atoms with Crippen LogP contribution in [0, 0.1) is 5.92 Å². The zero-order valence-electron chi connectivity index (χ0n) is 12.6. The van der Waals surface area contributed by atoms with E-state index in [2.05, 4.69) is 27.7 Å². The summed E-state index contributed by atoms with van der Waals surface area (Å²) in [6.07, 6.45) is 9.52. The molecule has 2 fully saturated rings. The molecule has 0 atom stereocenters. The standard InChI is InChI=1S/C16H30O2/c1-5-15(6-2)11-9-13-10-12-16(7-3,8-4)18-14(13)17-15/h13-14H,5-12H2,1-4H3. The largest absolute Gasteiger partial charge is 0.346 e. The Labute approximate surface area is 112 Å². The Balaban J connectivity index is 2.08. The topological polar surface area (TPSA) is 18.5 Å². The van der Waals surface area contributed by atoms with Crippen LogP contribution in [0.25, 0.3) is 0 Å². The fourth-order valence-electron chi connectivity index (χ4n) is 3.68. The molecule has 0 aliphatic carbocycles. The average Bonchev–Trinajstić information content (AvgIpc) is 2.45. The van der Waals surface area contributed by atoms with Crippen LogP contribution in [-0.4, -0.2) is 17.5 Å². The molecule has 2 rings (SSSR count). The number of fused-ring (bicyclic) bond motifs is 1. The Morgan fingerprint density at radius 2 is 1.17 bits per heavy atom. The molecule has 2 aliphatic heterocycles. The summed E-state index contributed by atoms with van der Waals surface area (Å²) in [4.78, 5) is 0. The molecule has 18 heavy (non-hydrogen) atoms. The van der Waals surface area contributed by atoms with E-state index in [0.717, 1.165) is 25.7 Å².